The Labute approximate surface area is 126 Å². The molecule has 0 saturated heterocycles. The van der Waals surface area contributed by atoms with Crippen LogP contribution in [0.5, 0.6) is 0 Å². The van der Waals surface area contributed by atoms with E-state index in [0.29, 0.717) is 0 Å². The standard InChI is InChI=1S/C17H25NO3/c1-5-6-13-7-9-14(10-8-13)18-15(19)11-12-16(20)21-17(2,3)4/h7-10H,5-6,11-12H2,1-4H3,(H,18,19). The second kappa shape index (κ2) is 7.81. The van der Waals surface area contributed by atoms with Gasteiger partial charge in [0.15, 0.2) is 0 Å². The largest absolute Gasteiger partial charge is 0.460 e. The average Bonchev–Trinajstić information content (AvgIpc) is 2.37. The van der Waals surface area contributed by atoms with E-state index in [4.69, 9.17) is 4.74 Å². The molecule has 0 aromatic heterocycles. The summed E-state index contributed by atoms with van der Waals surface area (Å²) < 4.78 is 5.16. The van der Waals surface area contributed by atoms with Crippen molar-refractivity contribution < 1.29 is 14.3 Å². The van der Waals surface area contributed by atoms with Gasteiger partial charge in [0.25, 0.3) is 0 Å². The number of hydrogen-bond donors (Lipinski definition) is 1. The van der Waals surface area contributed by atoms with Gasteiger partial charge in [0.1, 0.15) is 5.60 Å². The number of aryl methyl sites for hydroxylation is 1. The van der Waals surface area contributed by atoms with Crippen LogP contribution in [0.2, 0.25) is 0 Å². The molecule has 4 heteroatoms. The van der Waals surface area contributed by atoms with Gasteiger partial charge in [0.2, 0.25) is 5.91 Å². The number of nitrogens with one attached hydrogen (secondary N) is 1. The third kappa shape index (κ3) is 7.49. The van der Waals surface area contributed by atoms with Gasteiger partial charge >= 0.3 is 5.97 Å². The molecule has 0 spiro atoms. The molecular weight excluding hydrogens is 266 g/mol. The van der Waals surface area contributed by atoms with Crippen molar-refractivity contribution in [3.8, 4) is 0 Å². The van der Waals surface area contributed by atoms with Gasteiger partial charge in [-0.25, -0.2) is 0 Å². The molecule has 0 heterocycles. The van der Waals surface area contributed by atoms with Gasteiger partial charge in [0.05, 0.1) is 6.42 Å². The first-order valence-electron chi connectivity index (χ1n) is 7.41. The van der Waals surface area contributed by atoms with Crippen molar-refractivity contribution in [3.63, 3.8) is 0 Å². The van der Waals surface area contributed by atoms with Gasteiger partial charge in [-0.1, -0.05) is 25.5 Å². The summed E-state index contributed by atoms with van der Waals surface area (Å²) in [4.78, 5) is 23.3. The molecule has 1 aromatic carbocycles. The Morgan fingerprint density at radius 1 is 1.10 bits per heavy atom. The molecule has 116 valence electrons. The highest BCUT2D eigenvalue weighted by molar-refractivity contribution is 5.92. The van der Waals surface area contributed by atoms with Crippen LogP contribution in [0, 0.1) is 0 Å². The fourth-order valence-corrected chi connectivity index (χ4v) is 1.88. The lowest BCUT2D eigenvalue weighted by atomic mass is 10.1. The number of rotatable bonds is 6. The van der Waals surface area contributed by atoms with E-state index in [1.165, 1.54) is 5.56 Å². The molecule has 0 fully saturated rings. The van der Waals surface area contributed by atoms with Crippen molar-refractivity contribution in [3.05, 3.63) is 29.8 Å². The van der Waals surface area contributed by atoms with Gasteiger partial charge < -0.3 is 10.1 Å². The van der Waals surface area contributed by atoms with Crippen molar-refractivity contribution in [1.29, 1.82) is 0 Å². The van der Waals surface area contributed by atoms with Crippen molar-refractivity contribution in [2.24, 2.45) is 0 Å². The molecule has 0 aliphatic rings. The normalized spacial score (nSPS) is 11.0. The van der Waals surface area contributed by atoms with Gasteiger partial charge in [-0.05, 0) is 44.9 Å². The summed E-state index contributed by atoms with van der Waals surface area (Å²) in [6.07, 6.45) is 2.36. The molecular formula is C17H25NO3. The lowest BCUT2D eigenvalue weighted by molar-refractivity contribution is -0.155. The van der Waals surface area contributed by atoms with Crippen molar-refractivity contribution >= 4 is 17.6 Å². The first-order valence-corrected chi connectivity index (χ1v) is 7.41. The van der Waals surface area contributed by atoms with Crippen LogP contribution in [0.15, 0.2) is 24.3 Å². The number of carbonyl (C=O) groups is 2. The lowest BCUT2D eigenvalue weighted by Crippen LogP contribution is -2.24. The highest BCUT2D eigenvalue weighted by Crippen LogP contribution is 2.12. The molecule has 0 atom stereocenters. The smallest absolute Gasteiger partial charge is 0.306 e. The van der Waals surface area contributed by atoms with E-state index in [2.05, 4.69) is 12.2 Å². The molecule has 0 aliphatic heterocycles. The van der Waals surface area contributed by atoms with Crippen LogP contribution in [0.25, 0.3) is 0 Å². The van der Waals surface area contributed by atoms with Crippen LogP contribution in [-0.2, 0) is 20.7 Å². The Morgan fingerprint density at radius 2 is 1.71 bits per heavy atom. The van der Waals surface area contributed by atoms with Gasteiger partial charge in [-0.15, -0.1) is 0 Å². The molecule has 1 amide bonds. The zero-order valence-electron chi connectivity index (χ0n) is 13.4. The summed E-state index contributed by atoms with van der Waals surface area (Å²) in [6.45, 7) is 7.56. The zero-order valence-corrected chi connectivity index (χ0v) is 13.4. The number of benzene rings is 1. The fourth-order valence-electron chi connectivity index (χ4n) is 1.88. The predicted octanol–water partition coefficient (Wildman–Crippen LogP) is 3.70. The van der Waals surface area contributed by atoms with Crippen LogP contribution < -0.4 is 5.32 Å². The molecule has 1 rings (SSSR count). The van der Waals surface area contributed by atoms with Crippen molar-refractivity contribution in [2.45, 2.75) is 59.0 Å². The van der Waals surface area contributed by atoms with Gasteiger partial charge in [-0.3, -0.25) is 9.59 Å². The lowest BCUT2D eigenvalue weighted by Gasteiger charge is -2.19. The SMILES string of the molecule is CCCc1ccc(NC(=O)CCC(=O)OC(C)(C)C)cc1. The zero-order chi connectivity index (χ0) is 15.9. The van der Waals surface area contributed by atoms with Gasteiger partial charge in [-0.2, -0.15) is 0 Å². The Balaban J connectivity index is 2.38. The number of amides is 1. The average molecular weight is 291 g/mol. The Hall–Kier alpha value is -1.84. The number of ether oxygens (including phenoxy) is 1. The van der Waals surface area contributed by atoms with Crippen LogP contribution in [0.1, 0.15) is 52.5 Å². The Kier molecular flexibility index (Phi) is 6.40. The van der Waals surface area contributed by atoms with Crippen LogP contribution >= 0.6 is 0 Å². The number of esters is 1. The highest BCUT2D eigenvalue weighted by atomic mass is 16.6. The maximum Gasteiger partial charge on any atom is 0.306 e. The fraction of sp³-hybridized carbons (Fsp3) is 0.529. The highest BCUT2D eigenvalue weighted by Gasteiger charge is 2.17. The Bertz CT molecular complexity index is 472. The van der Waals surface area contributed by atoms with E-state index in [0.717, 1.165) is 18.5 Å². The summed E-state index contributed by atoms with van der Waals surface area (Å²) in [6, 6.07) is 7.78. The number of hydrogen-bond acceptors (Lipinski definition) is 3. The topological polar surface area (TPSA) is 55.4 Å². The van der Waals surface area contributed by atoms with E-state index in [-0.39, 0.29) is 24.7 Å². The molecule has 0 aliphatic carbocycles. The summed E-state index contributed by atoms with van der Waals surface area (Å²) in [5.41, 5.74) is 1.50. The van der Waals surface area contributed by atoms with E-state index < -0.39 is 5.60 Å². The Morgan fingerprint density at radius 3 is 2.24 bits per heavy atom. The minimum atomic E-state index is -0.511. The van der Waals surface area contributed by atoms with E-state index in [9.17, 15) is 9.59 Å². The number of carbonyl (C=O) groups excluding carboxylic acids is 2. The summed E-state index contributed by atoms with van der Waals surface area (Å²) in [7, 11) is 0. The van der Waals surface area contributed by atoms with Crippen LogP contribution in [0.3, 0.4) is 0 Å². The van der Waals surface area contributed by atoms with Crippen molar-refractivity contribution in [1.82, 2.24) is 0 Å². The minimum absolute atomic E-state index is 0.0943. The molecule has 0 bridgehead atoms. The molecule has 21 heavy (non-hydrogen) atoms. The van der Waals surface area contributed by atoms with Crippen LogP contribution in [0.4, 0.5) is 5.69 Å². The molecule has 0 unspecified atom stereocenters. The van der Waals surface area contributed by atoms with E-state index in [1.807, 2.05) is 45.0 Å². The quantitative estimate of drug-likeness (QED) is 0.813. The predicted molar refractivity (Wildman–Crippen MR) is 84.1 cm³/mol. The molecule has 0 saturated carbocycles. The minimum Gasteiger partial charge on any atom is -0.460 e. The maximum atomic E-state index is 11.8. The molecule has 1 N–H and O–H groups in total. The first-order chi connectivity index (χ1) is 9.80. The third-order valence-corrected chi connectivity index (χ3v) is 2.75. The molecule has 0 radical (unpaired) electrons. The summed E-state index contributed by atoms with van der Waals surface area (Å²) in [5, 5.41) is 2.78. The van der Waals surface area contributed by atoms with E-state index >= 15 is 0 Å². The summed E-state index contributed by atoms with van der Waals surface area (Å²) in [5.74, 6) is -0.528. The molecule has 4 nitrogen and oxygen atoms in total. The monoisotopic (exact) mass is 291 g/mol. The van der Waals surface area contributed by atoms with Crippen LogP contribution in [-0.4, -0.2) is 17.5 Å². The van der Waals surface area contributed by atoms with Crippen molar-refractivity contribution in [2.75, 3.05) is 5.32 Å². The first kappa shape index (κ1) is 17.2. The third-order valence-electron chi connectivity index (χ3n) is 2.75. The number of anilines is 1. The van der Waals surface area contributed by atoms with Gasteiger partial charge in [0, 0.05) is 12.1 Å². The van der Waals surface area contributed by atoms with E-state index in [1.54, 1.807) is 0 Å². The maximum absolute atomic E-state index is 11.8. The summed E-state index contributed by atoms with van der Waals surface area (Å²) >= 11 is 0. The molecule has 1 aromatic rings. The second-order valence-corrected chi connectivity index (χ2v) is 6.08. The second-order valence-electron chi connectivity index (χ2n) is 6.08.